The number of carbonyl (C=O) groups is 2. The fourth-order valence-electron chi connectivity index (χ4n) is 7.35. The molecule has 2 saturated carbocycles. The third-order valence-corrected chi connectivity index (χ3v) is 10.6. The predicted molar refractivity (Wildman–Crippen MR) is 194 cm³/mol. The molecule has 3 aliphatic rings. The van der Waals surface area contributed by atoms with Gasteiger partial charge in [0.1, 0.15) is 6.54 Å². The Morgan fingerprint density at radius 1 is 0.765 bits per heavy atom. The highest BCUT2D eigenvalue weighted by atomic mass is 16.6. The molecule has 1 aliphatic heterocycles. The van der Waals surface area contributed by atoms with Crippen molar-refractivity contribution in [3.8, 4) is 0 Å². The molecule has 2 aliphatic carbocycles. The Morgan fingerprint density at radius 2 is 1.27 bits per heavy atom. The van der Waals surface area contributed by atoms with E-state index >= 15 is 0 Å². The number of nitrogens with zero attached hydrogens (tertiary/aromatic N) is 3. The first-order valence-corrected chi connectivity index (χ1v) is 18.9. The standard InChI is InChI=1S/C38H64N4O9/c1-40(2)38(34-10-5-4-6-11-34)14-12-37(13-15-38)32-41(36(44)42(37)30-33-8-7-9-33)31-35(43)39-16-17-46-20-21-48-24-25-50-28-29-51-27-26-49-23-22-47-19-18-45-3/h4-6,10-11,33H,7-9,12-32H2,1-3H3,(H,39,43). The van der Waals surface area contributed by atoms with E-state index in [2.05, 4.69) is 59.5 Å². The Morgan fingerprint density at radius 3 is 1.75 bits per heavy atom. The van der Waals surface area contributed by atoms with E-state index in [0.29, 0.717) is 105 Å². The Hall–Kier alpha value is -2.36. The third-order valence-electron chi connectivity index (χ3n) is 10.6. The molecule has 1 saturated heterocycles. The minimum absolute atomic E-state index is 0.0140. The van der Waals surface area contributed by atoms with E-state index in [9.17, 15) is 9.59 Å². The highest BCUT2D eigenvalue weighted by molar-refractivity contribution is 5.86. The molecule has 1 N–H and O–H groups in total. The summed E-state index contributed by atoms with van der Waals surface area (Å²) in [5.74, 6) is 0.422. The van der Waals surface area contributed by atoms with E-state index in [1.165, 1.54) is 24.8 Å². The SMILES string of the molecule is COCCOCCOCCOCCOCCOCCOCCNC(=O)CN1CC2(CCC(c3ccccc3)(N(C)C)CC2)N(CC2CCC2)C1=O. The van der Waals surface area contributed by atoms with Crippen molar-refractivity contribution in [2.45, 2.75) is 56.0 Å². The Labute approximate surface area is 305 Å². The molecular weight excluding hydrogens is 656 g/mol. The smallest absolute Gasteiger partial charge is 0.321 e. The summed E-state index contributed by atoms with van der Waals surface area (Å²) < 4.78 is 37.8. The van der Waals surface area contributed by atoms with Gasteiger partial charge in [-0.05, 0) is 64.1 Å². The van der Waals surface area contributed by atoms with E-state index in [0.717, 1.165) is 32.2 Å². The van der Waals surface area contributed by atoms with Crippen molar-refractivity contribution in [2.75, 3.05) is 133 Å². The van der Waals surface area contributed by atoms with Crippen LogP contribution in [0.1, 0.15) is 50.5 Å². The monoisotopic (exact) mass is 720 g/mol. The Bertz CT molecular complexity index is 1120. The van der Waals surface area contributed by atoms with Crippen molar-refractivity contribution in [2.24, 2.45) is 5.92 Å². The minimum atomic E-state index is -0.223. The highest BCUT2D eigenvalue weighted by Gasteiger charge is 2.55. The van der Waals surface area contributed by atoms with Crippen molar-refractivity contribution < 1.29 is 42.7 Å². The van der Waals surface area contributed by atoms with E-state index in [4.69, 9.17) is 33.2 Å². The number of benzene rings is 1. The molecule has 0 aromatic heterocycles. The number of ether oxygens (including phenoxy) is 7. The number of urea groups is 1. The van der Waals surface area contributed by atoms with Crippen LogP contribution in [0.4, 0.5) is 4.79 Å². The molecule has 0 unspecified atom stereocenters. The van der Waals surface area contributed by atoms with Gasteiger partial charge in [-0.2, -0.15) is 0 Å². The zero-order chi connectivity index (χ0) is 36.2. The third kappa shape index (κ3) is 12.9. The maximum atomic E-state index is 13.8. The van der Waals surface area contributed by atoms with Gasteiger partial charge in [-0.3, -0.25) is 9.69 Å². The molecule has 1 aromatic rings. The molecule has 1 spiro atoms. The number of amides is 3. The lowest BCUT2D eigenvalue weighted by Gasteiger charge is -2.51. The van der Waals surface area contributed by atoms with Gasteiger partial charge < -0.3 is 48.3 Å². The molecule has 51 heavy (non-hydrogen) atoms. The number of methoxy groups -OCH3 is 1. The topological polar surface area (TPSA) is 120 Å². The summed E-state index contributed by atoms with van der Waals surface area (Å²) in [4.78, 5) is 33.0. The molecule has 0 atom stereocenters. The normalized spacial score (nSPS) is 22.3. The molecule has 290 valence electrons. The number of nitrogens with one attached hydrogen (secondary N) is 1. The maximum absolute atomic E-state index is 13.8. The number of hydrogen-bond donors (Lipinski definition) is 1. The summed E-state index contributed by atoms with van der Waals surface area (Å²) in [6.07, 6.45) is 7.43. The second kappa shape index (κ2) is 22.7. The molecular formula is C38H64N4O9. The number of rotatable bonds is 27. The van der Waals surface area contributed by atoms with Gasteiger partial charge in [0.05, 0.1) is 91.4 Å². The van der Waals surface area contributed by atoms with E-state index in [1.54, 1.807) is 12.0 Å². The lowest BCUT2D eigenvalue weighted by molar-refractivity contribution is -0.121. The van der Waals surface area contributed by atoms with Crippen LogP contribution in [0.2, 0.25) is 0 Å². The van der Waals surface area contributed by atoms with Crippen molar-refractivity contribution in [3.05, 3.63) is 35.9 Å². The molecule has 3 amide bonds. The first-order chi connectivity index (χ1) is 24.9. The molecule has 1 aromatic carbocycles. The lowest BCUT2D eigenvalue weighted by atomic mass is 9.68. The fraction of sp³-hybridized carbons (Fsp3) is 0.789. The molecule has 3 fully saturated rings. The molecule has 13 heteroatoms. The highest BCUT2D eigenvalue weighted by Crippen LogP contribution is 2.49. The fourth-order valence-corrected chi connectivity index (χ4v) is 7.35. The number of hydrogen-bond acceptors (Lipinski definition) is 10. The van der Waals surface area contributed by atoms with Gasteiger partial charge in [0, 0.05) is 32.3 Å². The quantitative estimate of drug-likeness (QED) is 0.136. The first kappa shape index (κ1) is 41.4. The lowest BCUT2D eigenvalue weighted by Crippen LogP contribution is -2.56. The van der Waals surface area contributed by atoms with Crippen molar-refractivity contribution in [1.82, 2.24) is 20.0 Å². The molecule has 4 rings (SSSR count). The van der Waals surface area contributed by atoms with Crippen LogP contribution in [0.5, 0.6) is 0 Å². The summed E-state index contributed by atoms with van der Waals surface area (Å²) >= 11 is 0. The summed E-state index contributed by atoms with van der Waals surface area (Å²) in [7, 11) is 5.99. The largest absolute Gasteiger partial charge is 0.382 e. The summed E-state index contributed by atoms with van der Waals surface area (Å²) in [6.45, 7) is 8.34. The Kier molecular flexibility index (Phi) is 18.4. The van der Waals surface area contributed by atoms with E-state index in [1.807, 2.05) is 0 Å². The maximum Gasteiger partial charge on any atom is 0.321 e. The summed E-state index contributed by atoms with van der Waals surface area (Å²) in [6, 6.07) is 10.8. The summed E-state index contributed by atoms with van der Waals surface area (Å²) in [5.41, 5.74) is 1.07. The van der Waals surface area contributed by atoms with Crippen LogP contribution in [-0.2, 0) is 43.5 Å². The predicted octanol–water partition coefficient (Wildman–Crippen LogP) is 3.16. The molecule has 1 heterocycles. The van der Waals surface area contributed by atoms with Crippen LogP contribution < -0.4 is 5.32 Å². The van der Waals surface area contributed by atoms with Crippen LogP contribution in [0, 0.1) is 5.92 Å². The average Bonchev–Trinajstić information content (AvgIpc) is 3.36. The summed E-state index contributed by atoms with van der Waals surface area (Å²) in [5, 5.41) is 2.93. The Balaban J connectivity index is 1.04. The van der Waals surface area contributed by atoms with Gasteiger partial charge in [-0.25, -0.2) is 4.79 Å². The van der Waals surface area contributed by atoms with Crippen LogP contribution in [0.25, 0.3) is 0 Å². The van der Waals surface area contributed by atoms with Crippen LogP contribution in [0.15, 0.2) is 30.3 Å². The van der Waals surface area contributed by atoms with Crippen LogP contribution in [-0.4, -0.2) is 165 Å². The molecule has 0 radical (unpaired) electrons. The molecule has 13 nitrogen and oxygen atoms in total. The van der Waals surface area contributed by atoms with E-state index in [-0.39, 0.29) is 29.6 Å². The van der Waals surface area contributed by atoms with Crippen molar-refractivity contribution in [3.63, 3.8) is 0 Å². The van der Waals surface area contributed by atoms with Gasteiger partial charge >= 0.3 is 6.03 Å². The average molecular weight is 721 g/mol. The van der Waals surface area contributed by atoms with Gasteiger partial charge in [0.2, 0.25) is 5.91 Å². The molecule has 0 bridgehead atoms. The van der Waals surface area contributed by atoms with Gasteiger partial charge in [-0.1, -0.05) is 36.8 Å². The van der Waals surface area contributed by atoms with Crippen LogP contribution >= 0.6 is 0 Å². The van der Waals surface area contributed by atoms with Crippen molar-refractivity contribution >= 4 is 11.9 Å². The minimum Gasteiger partial charge on any atom is -0.382 e. The second-order valence-electron chi connectivity index (χ2n) is 14.1. The number of carbonyl (C=O) groups excluding carboxylic acids is 2. The van der Waals surface area contributed by atoms with Gasteiger partial charge in [-0.15, -0.1) is 0 Å². The second-order valence-corrected chi connectivity index (χ2v) is 14.1. The van der Waals surface area contributed by atoms with Gasteiger partial charge in [0.25, 0.3) is 0 Å². The van der Waals surface area contributed by atoms with Gasteiger partial charge in [0.15, 0.2) is 0 Å². The van der Waals surface area contributed by atoms with Crippen molar-refractivity contribution in [1.29, 1.82) is 0 Å². The first-order valence-electron chi connectivity index (χ1n) is 18.9. The van der Waals surface area contributed by atoms with Crippen LogP contribution in [0.3, 0.4) is 0 Å². The zero-order valence-corrected chi connectivity index (χ0v) is 31.5. The zero-order valence-electron chi connectivity index (χ0n) is 31.5. The van der Waals surface area contributed by atoms with E-state index < -0.39 is 0 Å².